The highest BCUT2D eigenvalue weighted by Gasteiger charge is 2.32. The van der Waals surface area contributed by atoms with Gasteiger partial charge in [0.25, 0.3) is 0 Å². The second-order valence-electron chi connectivity index (χ2n) is 5.48. The lowest BCUT2D eigenvalue weighted by atomic mass is 10.2. The minimum atomic E-state index is -0.0430. The fourth-order valence-corrected chi connectivity index (χ4v) is 2.45. The number of carbonyl (C=O) groups excluding carboxylic acids is 2. The molecule has 0 bridgehead atoms. The second kappa shape index (κ2) is 7.36. The average molecular weight is 269 g/mol. The molecule has 0 aromatic carbocycles. The molecule has 0 saturated carbocycles. The lowest BCUT2D eigenvalue weighted by Crippen LogP contribution is -2.46. The normalized spacial score (nSPS) is 19.1. The van der Waals surface area contributed by atoms with Crippen LogP contribution in [0.4, 0.5) is 4.79 Å². The van der Waals surface area contributed by atoms with Crippen molar-refractivity contribution in [3.8, 4) is 0 Å². The fraction of sp³-hybridized carbons (Fsp3) is 0.857. The lowest BCUT2D eigenvalue weighted by Gasteiger charge is -2.25. The molecule has 110 valence electrons. The first-order chi connectivity index (χ1) is 8.99. The lowest BCUT2D eigenvalue weighted by molar-refractivity contribution is -0.129. The van der Waals surface area contributed by atoms with Gasteiger partial charge in [-0.2, -0.15) is 0 Å². The molecule has 1 rings (SSSR count). The molecule has 1 aliphatic rings. The van der Waals surface area contributed by atoms with E-state index in [1.54, 1.807) is 0 Å². The molecule has 1 aliphatic heterocycles. The van der Waals surface area contributed by atoms with Gasteiger partial charge in [-0.25, -0.2) is 4.79 Å². The van der Waals surface area contributed by atoms with Gasteiger partial charge in [0, 0.05) is 32.1 Å². The molecule has 0 aliphatic carbocycles. The Morgan fingerprint density at radius 1 is 1.37 bits per heavy atom. The average Bonchev–Trinajstić information content (AvgIpc) is 2.70. The number of rotatable bonds is 6. The summed E-state index contributed by atoms with van der Waals surface area (Å²) in [5.74, 6) is 0.137. The summed E-state index contributed by atoms with van der Waals surface area (Å²) in [7, 11) is 0. The Labute approximate surface area is 116 Å². The van der Waals surface area contributed by atoms with Gasteiger partial charge in [0.15, 0.2) is 0 Å². The van der Waals surface area contributed by atoms with E-state index in [0.717, 1.165) is 25.9 Å². The molecular formula is C14H27N3O2. The molecule has 19 heavy (non-hydrogen) atoms. The van der Waals surface area contributed by atoms with Crippen molar-refractivity contribution in [2.24, 2.45) is 0 Å². The molecule has 1 atom stereocenters. The summed E-state index contributed by atoms with van der Waals surface area (Å²) >= 11 is 0. The summed E-state index contributed by atoms with van der Waals surface area (Å²) in [5, 5.41) is 2.99. The van der Waals surface area contributed by atoms with Crippen LogP contribution in [0.1, 0.15) is 47.0 Å². The molecule has 1 saturated heterocycles. The van der Waals surface area contributed by atoms with E-state index in [9.17, 15) is 9.59 Å². The molecule has 1 fully saturated rings. The number of amides is 3. The maximum atomic E-state index is 12.1. The predicted molar refractivity (Wildman–Crippen MR) is 75.9 cm³/mol. The van der Waals surface area contributed by atoms with E-state index >= 15 is 0 Å². The molecule has 0 radical (unpaired) electrons. The summed E-state index contributed by atoms with van der Waals surface area (Å²) in [5.41, 5.74) is 0. The molecular weight excluding hydrogens is 242 g/mol. The van der Waals surface area contributed by atoms with Crippen LogP contribution in [0.3, 0.4) is 0 Å². The Morgan fingerprint density at radius 2 is 1.95 bits per heavy atom. The van der Waals surface area contributed by atoms with Crippen molar-refractivity contribution in [2.45, 2.75) is 59.0 Å². The first-order valence-corrected chi connectivity index (χ1v) is 7.34. The second-order valence-corrected chi connectivity index (χ2v) is 5.48. The SMILES string of the molecule is CCCN(CCC)C(=O)NC1CC(=O)N(C(C)C)C1. The van der Waals surface area contributed by atoms with Gasteiger partial charge in [-0.3, -0.25) is 4.79 Å². The number of likely N-dealkylation sites (tertiary alicyclic amines) is 1. The van der Waals surface area contributed by atoms with Crippen LogP contribution in [-0.4, -0.2) is 53.5 Å². The Balaban J connectivity index is 2.50. The molecule has 1 heterocycles. The first kappa shape index (κ1) is 15.8. The van der Waals surface area contributed by atoms with Crippen LogP contribution in [0.5, 0.6) is 0 Å². The fourth-order valence-electron chi connectivity index (χ4n) is 2.45. The van der Waals surface area contributed by atoms with Crippen molar-refractivity contribution in [2.75, 3.05) is 19.6 Å². The van der Waals surface area contributed by atoms with Crippen molar-refractivity contribution in [1.29, 1.82) is 0 Å². The largest absolute Gasteiger partial charge is 0.338 e. The smallest absolute Gasteiger partial charge is 0.317 e. The molecule has 5 nitrogen and oxygen atoms in total. The quantitative estimate of drug-likeness (QED) is 0.800. The maximum Gasteiger partial charge on any atom is 0.317 e. The molecule has 1 N–H and O–H groups in total. The standard InChI is InChI=1S/C14H27N3O2/c1-5-7-16(8-6-2)14(19)15-12-9-13(18)17(10-12)11(3)4/h11-12H,5-10H2,1-4H3,(H,15,19). The number of nitrogens with zero attached hydrogens (tertiary/aromatic N) is 2. The molecule has 3 amide bonds. The predicted octanol–water partition coefficient (Wildman–Crippen LogP) is 1.83. The zero-order valence-corrected chi connectivity index (χ0v) is 12.6. The Hall–Kier alpha value is -1.26. The third-order valence-corrected chi connectivity index (χ3v) is 3.38. The van der Waals surface area contributed by atoms with Gasteiger partial charge in [0.05, 0.1) is 6.04 Å². The van der Waals surface area contributed by atoms with E-state index in [1.807, 2.05) is 23.6 Å². The van der Waals surface area contributed by atoms with Crippen LogP contribution in [0.25, 0.3) is 0 Å². The van der Waals surface area contributed by atoms with Gasteiger partial charge in [-0.15, -0.1) is 0 Å². The monoisotopic (exact) mass is 269 g/mol. The zero-order chi connectivity index (χ0) is 14.4. The van der Waals surface area contributed by atoms with E-state index in [4.69, 9.17) is 0 Å². The highest BCUT2D eigenvalue weighted by molar-refractivity contribution is 5.81. The zero-order valence-electron chi connectivity index (χ0n) is 12.6. The minimum absolute atomic E-state index is 0.0351. The van der Waals surface area contributed by atoms with Crippen LogP contribution in [-0.2, 0) is 4.79 Å². The van der Waals surface area contributed by atoms with Crippen molar-refractivity contribution >= 4 is 11.9 Å². The topological polar surface area (TPSA) is 52.7 Å². The van der Waals surface area contributed by atoms with E-state index in [0.29, 0.717) is 13.0 Å². The van der Waals surface area contributed by atoms with Crippen LogP contribution >= 0.6 is 0 Å². The summed E-state index contributed by atoms with van der Waals surface area (Å²) in [6.07, 6.45) is 2.33. The summed E-state index contributed by atoms with van der Waals surface area (Å²) < 4.78 is 0. The number of carbonyl (C=O) groups is 2. The Morgan fingerprint density at radius 3 is 2.37 bits per heavy atom. The van der Waals surface area contributed by atoms with Gasteiger partial charge in [-0.1, -0.05) is 13.8 Å². The number of hydrogen-bond acceptors (Lipinski definition) is 2. The minimum Gasteiger partial charge on any atom is -0.338 e. The maximum absolute atomic E-state index is 12.1. The van der Waals surface area contributed by atoms with Crippen LogP contribution in [0.2, 0.25) is 0 Å². The van der Waals surface area contributed by atoms with E-state index in [1.165, 1.54) is 0 Å². The van der Waals surface area contributed by atoms with Crippen LogP contribution in [0.15, 0.2) is 0 Å². The third-order valence-electron chi connectivity index (χ3n) is 3.38. The molecule has 0 aromatic rings. The molecule has 0 spiro atoms. The van der Waals surface area contributed by atoms with Crippen molar-refractivity contribution in [1.82, 2.24) is 15.1 Å². The van der Waals surface area contributed by atoms with E-state index in [-0.39, 0.29) is 24.0 Å². The first-order valence-electron chi connectivity index (χ1n) is 7.34. The van der Waals surface area contributed by atoms with Gasteiger partial charge in [-0.05, 0) is 26.7 Å². The summed E-state index contributed by atoms with van der Waals surface area (Å²) in [6, 6.07) is 0.127. The van der Waals surface area contributed by atoms with Crippen LogP contribution in [0, 0.1) is 0 Å². The molecule has 5 heteroatoms. The number of urea groups is 1. The van der Waals surface area contributed by atoms with Gasteiger partial charge in [0.1, 0.15) is 0 Å². The summed E-state index contributed by atoms with van der Waals surface area (Å²) in [6.45, 7) is 10.3. The Kier molecular flexibility index (Phi) is 6.12. The van der Waals surface area contributed by atoms with Crippen molar-refractivity contribution in [3.05, 3.63) is 0 Å². The van der Waals surface area contributed by atoms with E-state index in [2.05, 4.69) is 19.2 Å². The third kappa shape index (κ3) is 4.40. The highest BCUT2D eigenvalue weighted by Crippen LogP contribution is 2.14. The highest BCUT2D eigenvalue weighted by atomic mass is 16.2. The number of nitrogens with one attached hydrogen (secondary N) is 1. The number of hydrogen-bond donors (Lipinski definition) is 1. The summed E-state index contributed by atoms with van der Waals surface area (Å²) in [4.78, 5) is 27.6. The van der Waals surface area contributed by atoms with E-state index < -0.39 is 0 Å². The van der Waals surface area contributed by atoms with Gasteiger partial charge < -0.3 is 15.1 Å². The van der Waals surface area contributed by atoms with Gasteiger partial charge in [0.2, 0.25) is 5.91 Å². The van der Waals surface area contributed by atoms with Crippen LogP contribution < -0.4 is 5.32 Å². The van der Waals surface area contributed by atoms with Crippen molar-refractivity contribution in [3.63, 3.8) is 0 Å². The molecule has 0 aromatic heterocycles. The molecule has 1 unspecified atom stereocenters. The van der Waals surface area contributed by atoms with Gasteiger partial charge >= 0.3 is 6.03 Å². The van der Waals surface area contributed by atoms with Crippen molar-refractivity contribution < 1.29 is 9.59 Å². The Bertz CT molecular complexity index is 312.